The van der Waals surface area contributed by atoms with E-state index >= 15 is 0 Å². The van der Waals surface area contributed by atoms with Gasteiger partial charge in [0.15, 0.2) is 23.3 Å². The summed E-state index contributed by atoms with van der Waals surface area (Å²) < 4.78 is 21.2. The van der Waals surface area contributed by atoms with Crippen molar-refractivity contribution in [2.24, 2.45) is 34.5 Å². The van der Waals surface area contributed by atoms with E-state index in [1.807, 2.05) is 52.8 Å². The fraction of sp³-hybridized carbons (Fsp3) is 0.697. The van der Waals surface area contributed by atoms with E-state index in [-0.39, 0.29) is 35.6 Å². The smallest absolute Gasteiger partial charge is 0.340 e. The van der Waals surface area contributed by atoms with Crippen molar-refractivity contribution in [1.29, 1.82) is 0 Å². The van der Waals surface area contributed by atoms with Crippen molar-refractivity contribution in [3.63, 3.8) is 0 Å². The first-order valence-corrected chi connectivity index (χ1v) is 15.0. The number of nitrogens with zero attached hydrogens (tertiary/aromatic N) is 1. The van der Waals surface area contributed by atoms with Crippen molar-refractivity contribution in [2.45, 2.75) is 104 Å². The van der Waals surface area contributed by atoms with Crippen LogP contribution in [0.4, 0.5) is 0 Å². The van der Waals surface area contributed by atoms with Gasteiger partial charge in [0.25, 0.3) is 0 Å². The number of aliphatic hydroxyl groups is 1. The average molecular weight is 550 g/mol. The molecular weight excluding hydrogens is 506 g/mol. The topological polar surface area (TPSA) is 87.0 Å². The van der Waals surface area contributed by atoms with Gasteiger partial charge in [-0.3, -0.25) is 4.79 Å². The number of esters is 1. The largest absolute Gasteiger partial charge is 0.451 e. The van der Waals surface area contributed by atoms with Crippen LogP contribution >= 0.6 is 0 Å². The number of ether oxygens (including phenoxy) is 3. The van der Waals surface area contributed by atoms with E-state index in [2.05, 4.69) is 25.3 Å². The fourth-order valence-electron chi connectivity index (χ4n) is 9.35. The molecule has 7 rings (SSSR count). The Labute approximate surface area is 236 Å². The van der Waals surface area contributed by atoms with Crippen LogP contribution in [0.1, 0.15) is 88.6 Å². The van der Waals surface area contributed by atoms with Crippen LogP contribution in [0.25, 0.3) is 0 Å². The number of aromatic nitrogens is 1. The minimum atomic E-state index is -1.80. The Morgan fingerprint density at radius 3 is 2.52 bits per heavy atom. The van der Waals surface area contributed by atoms with Crippen LogP contribution in [0.5, 0.6) is 0 Å². The summed E-state index contributed by atoms with van der Waals surface area (Å²) in [6.45, 7) is 16.4. The molecule has 0 aromatic carbocycles. The molecular formula is C33H43NO6. The molecule has 1 aliphatic heterocycles. The van der Waals surface area contributed by atoms with Gasteiger partial charge in [-0.15, -0.1) is 0 Å². The zero-order valence-electron chi connectivity index (χ0n) is 25.0. The molecule has 1 N–H and O–H groups in total. The zero-order valence-corrected chi connectivity index (χ0v) is 25.0. The number of allylic oxidation sites excluding steroid dienone is 1. The van der Waals surface area contributed by atoms with Crippen molar-refractivity contribution < 1.29 is 28.9 Å². The second-order valence-corrected chi connectivity index (χ2v) is 14.7. The Hall–Kier alpha value is -2.22. The molecule has 40 heavy (non-hydrogen) atoms. The van der Waals surface area contributed by atoms with E-state index < -0.39 is 35.0 Å². The first-order valence-electron chi connectivity index (χ1n) is 15.0. The predicted octanol–water partition coefficient (Wildman–Crippen LogP) is 5.23. The van der Waals surface area contributed by atoms with Crippen molar-refractivity contribution in [2.75, 3.05) is 6.61 Å². The Balaban J connectivity index is 1.36. The molecule has 3 saturated carbocycles. The van der Waals surface area contributed by atoms with Crippen LogP contribution in [-0.2, 0) is 19.0 Å². The highest BCUT2D eigenvalue weighted by atomic mass is 16.7. The third-order valence-corrected chi connectivity index (χ3v) is 11.5. The maximum absolute atomic E-state index is 14.8. The Kier molecular flexibility index (Phi) is 5.32. The third kappa shape index (κ3) is 3.23. The second kappa shape index (κ2) is 7.99. The molecule has 4 fully saturated rings. The zero-order chi connectivity index (χ0) is 28.7. The lowest BCUT2D eigenvalue weighted by atomic mass is 9.59. The molecule has 6 aliphatic rings. The number of fused-ring (bicyclic) bond motifs is 5. The van der Waals surface area contributed by atoms with Gasteiger partial charge in [-0.05, 0) is 94.3 Å². The van der Waals surface area contributed by atoms with Crippen molar-refractivity contribution in [3.05, 3.63) is 46.3 Å². The van der Waals surface area contributed by atoms with E-state index in [0.717, 1.165) is 36.2 Å². The van der Waals surface area contributed by atoms with Gasteiger partial charge in [-0.25, -0.2) is 4.79 Å². The molecule has 8 atom stereocenters. The lowest BCUT2D eigenvalue weighted by Crippen LogP contribution is -2.68. The first kappa shape index (κ1) is 26.7. The van der Waals surface area contributed by atoms with Crippen molar-refractivity contribution in [3.8, 4) is 0 Å². The number of Topliss-reactive ketones (excluding diaryl/α,β-unsaturated/α-hetero) is 1. The predicted molar refractivity (Wildman–Crippen MR) is 149 cm³/mol. The normalized spacial score (nSPS) is 42.5. The van der Waals surface area contributed by atoms with Gasteiger partial charge in [0, 0.05) is 23.3 Å². The van der Waals surface area contributed by atoms with Gasteiger partial charge in [0.05, 0.1) is 17.6 Å². The number of ketones is 1. The van der Waals surface area contributed by atoms with E-state index in [1.54, 1.807) is 0 Å². The van der Waals surface area contributed by atoms with Gasteiger partial charge in [-0.1, -0.05) is 32.9 Å². The summed E-state index contributed by atoms with van der Waals surface area (Å²) in [4.78, 5) is 28.7. The standard InChI is InChI=1S/C33H43NO6/c1-16-14-32-17(2)11-24-25(30(24,5)6)23(26(32)35)13-20-15-38-31(7,8)40-28(20)33(32,37)27(16)39-29(36)22-12-18(3)34(19(22)4)21-9-10-21/h12-14,17,21,23-25,27-28,37H,9-11,15H2,1-8H3/t17-,23+,24-,25+,27+,28-,32+,33-/m1/s1. The number of carbonyl (C=O) groups is 2. The Morgan fingerprint density at radius 2 is 1.85 bits per heavy atom. The van der Waals surface area contributed by atoms with Gasteiger partial charge in [0.2, 0.25) is 0 Å². The number of hydrogen-bond acceptors (Lipinski definition) is 6. The molecule has 1 saturated heterocycles. The SMILES string of the molecule is CC1=C[C@]23C(=O)[C@@H](C=C4COC(C)(C)O[C@H]4[C@]2(O)[C@H]1OC(=O)c1cc(C)n(C2CC2)c1C)[C@H]1[C@@H](C[C@H]3C)C1(C)C. The van der Waals surface area contributed by atoms with Crippen LogP contribution in [0.2, 0.25) is 0 Å². The van der Waals surface area contributed by atoms with Crippen LogP contribution in [-0.4, -0.2) is 51.6 Å². The van der Waals surface area contributed by atoms with Gasteiger partial charge >= 0.3 is 5.97 Å². The average Bonchev–Trinajstić information content (AvgIpc) is 3.75. The molecule has 5 aliphatic carbocycles. The van der Waals surface area contributed by atoms with Crippen LogP contribution in [0, 0.1) is 48.3 Å². The molecule has 2 heterocycles. The summed E-state index contributed by atoms with van der Waals surface area (Å²) in [5, 5.41) is 13.2. The highest BCUT2D eigenvalue weighted by Crippen LogP contribution is 2.72. The lowest BCUT2D eigenvalue weighted by Gasteiger charge is -2.52. The van der Waals surface area contributed by atoms with E-state index in [9.17, 15) is 14.7 Å². The monoisotopic (exact) mass is 549 g/mol. The summed E-state index contributed by atoms with van der Waals surface area (Å²) in [6, 6.07) is 2.33. The third-order valence-electron chi connectivity index (χ3n) is 11.5. The molecule has 0 radical (unpaired) electrons. The van der Waals surface area contributed by atoms with E-state index in [0.29, 0.717) is 23.1 Å². The van der Waals surface area contributed by atoms with Gasteiger partial charge in [-0.2, -0.15) is 0 Å². The summed E-state index contributed by atoms with van der Waals surface area (Å²) >= 11 is 0. The van der Waals surface area contributed by atoms with E-state index in [4.69, 9.17) is 14.2 Å². The number of rotatable bonds is 3. The summed E-state index contributed by atoms with van der Waals surface area (Å²) in [5.74, 6) is -1.34. The molecule has 0 amide bonds. The highest BCUT2D eigenvalue weighted by Gasteiger charge is 2.77. The Bertz CT molecular complexity index is 1390. The summed E-state index contributed by atoms with van der Waals surface area (Å²) in [7, 11) is 0. The minimum absolute atomic E-state index is 0.0219. The van der Waals surface area contributed by atoms with E-state index in [1.165, 1.54) is 0 Å². The maximum Gasteiger partial charge on any atom is 0.340 e. The van der Waals surface area contributed by atoms with Crippen LogP contribution < -0.4 is 0 Å². The van der Waals surface area contributed by atoms with Gasteiger partial charge < -0.3 is 23.9 Å². The maximum atomic E-state index is 14.8. The molecule has 1 aromatic heterocycles. The minimum Gasteiger partial charge on any atom is -0.451 e. The van der Waals surface area contributed by atoms with Crippen molar-refractivity contribution >= 4 is 11.8 Å². The molecule has 7 nitrogen and oxygen atoms in total. The molecule has 7 heteroatoms. The highest BCUT2D eigenvalue weighted by molar-refractivity contribution is 5.96. The van der Waals surface area contributed by atoms with Crippen LogP contribution in [0.15, 0.2) is 29.4 Å². The number of hydrogen-bond donors (Lipinski definition) is 1. The molecule has 216 valence electrons. The fourth-order valence-corrected chi connectivity index (χ4v) is 9.35. The Morgan fingerprint density at radius 1 is 1.15 bits per heavy atom. The van der Waals surface area contributed by atoms with Crippen LogP contribution in [0.3, 0.4) is 0 Å². The number of carbonyl (C=O) groups excluding carboxylic acids is 2. The lowest BCUT2D eigenvalue weighted by molar-refractivity contribution is -0.302. The molecule has 1 aromatic rings. The number of aryl methyl sites for hydroxylation is 1. The second-order valence-electron chi connectivity index (χ2n) is 14.7. The molecule has 2 bridgehead atoms. The molecule has 1 spiro atoms. The van der Waals surface area contributed by atoms with Crippen molar-refractivity contribution in [1.82, 2.24) is 4.57 Å². The summed E-state index contributed by atoms with van der Waals surface area (Å²) in [5.41, 5.74) is 0.924. The summed E-state index contributed by atoms with van der Waals surface area (Å²) in [6.07, 6.45) is 5.16. The van der Waals surface area contributed by atoms with Gasteiger partial charge in [0.1, 0.15) is 6.10 Å². The molecule has 0 unspecified atom stereocenters. The first-order chi connectivity index (χ1) is 18.6. The quantitative estimate of drug-likeness (QED) is 0.410.